The molecule has 1 heterocycles. The summed E-state index contributed by atoms with van der Waals surface area (Å²) in [6, 6.07) is 7.77. The van der Waals surface area contributed by atoms with Gasteiger partial charge in [-0.2, -0.15) is 4.37 Å². The van der Waals surface area contributed by atoms with Crippen molar-refractivity contribution in [3.63, 3.8) is 0 Å². The van der Waals surface area contributed by atoms with Crippen molar-refractivity contribution in [3.05, 3.63) is 44.6 Å². The number of rotatable bonds is 2. The fraction of sp³-hybridized carbons (Fsp3) is 0.111. The van der Waals surface area contributed by atoms with Crippen LogP contribution in [0.15, 0.2) is 29.0 Å². The van der Waals surface area contributed by atoms with E-state index in [4.69, 9.17) is 11.6 Å². The van der Waals surface area contributed by atoms with Gasteiger partial charge in [0, 0.05) is 11.4 Å². The summed E-state index contributed by atoms with van der Waals surface area (Å²) in [7, 11) is 0. The predicted molar refractivity (Wildman–Crippen MR) is 61.9 cm³/mol. The molecule has 2 aromatic rings. The third kappa shape index (κ3) is 2.53. The summed E-state index contributed by atoms with van der Waals surface area (Å²) in [6.45, 7) is 0. The molecule has 0 unspecified atom stereocenters. The molecule has 0 saturated heterocycles. The van der Waals surface area contributed by atoms with Gasteiger partial charge in [0.2, 0.25) is 4.73 Å². The van der Waals surface area contributed by atoms with E-state index in [-0.39, 0.29) is 0 Å². The van der Waals surface area contributed by atoms with E-state index in [2.05, 4.69) is 25.3 Å². The molecule has 0 spiro atoms. The van der Waals surface area contributed by atoms with Crippen LogP contribution in [0.1, 0.15) is 10.6 Å². The first-order valence-corrected chi connectivity index (χ1v) is 5.91. The van der Waals surface area contributed by atoms with Gasteiger partial charge in [-0.1, -0.05) is 23.7 Å². The molecule has 5 heteroatoms. The molecule has 0 fully saturated rings. The number of hydrogen-bond acceptors (Lipinski definition) is 3. The van der Waals surface area contributed by atoms with Gasteiger partial charge in [-0.15, -0.1) is 0 Å². The van der Waals surface area contributed by atoms with Crippen molar-refractivity contribution in [2.24, 2.45) is 0 Å². The lowest BCUT2D eigenvalue weighted by Gasteiger charge is -1.97. The lowest BCUT2D eigenvalue weighted by Crippen LogP contribution is -1.86. The summed E-state index contributed by atoms with van der Waals surface area (Å²) in [5.74, 6) is 0. The highest BCUT2D eigenvalue weighted by Gasteiger charge is 2.02. The second-order valence-electron chi connectivity index (χ2n) is 2.76. The van der Waals surface area contributed by atoms with Crippen LogP contribution in [-0.2, 0) is 6.42 Å². The molecular weight excluding hydrogens is 284 g/mol. The zero-order valence-electron chi connectivity index (χ0n) is 7.08. The zero-order chi connectivity index (χ0) is 9.97. The molecule has 1 aromatic heterocycles. The van der Waals surface area contributed by atoms with E-state index >= 15 is 0 Å². The Morgan fingerprint density at radius 3 is 2.93 bits per heavy atom. The quantitative estimate of drug-likeness (QED) is 0.845. The van der Waals surface area contributed by atoms with Crippen molar-refractivity contribution in [2.45, 2.75) is 6.42 Å². The van der Waals surface area contributed by atoms with Crippen LogP contribution in [0, 0.1) is 0 Å². The molecule has 0 atom stereocenters. The average Bonchev–Trinajstić information content (AvgIpc) is 2.51. The van der Waals surface area contributed by atoms with Crippen molar-refractivity contribution >= 4 is 39.1 Å². The Balaban J connectivity index is 2.18. The minimum Gasteiger partial charge on any atom is -0.214 e. The van der Waals surface area contributed by atoms with Gasteiger partial charge >= 0.3 is 0 Å². The third-order valence-corrected chi connectivity index (χ3v) is 3.22. The second kappa shape index (κ2) is 4.38. The minimum absolute atomic E-state index is 0.652. The van der Waals surface area contributed by atoms with Crippen molar-refractivity contribution in [1.82, 2.24) is 9.36 Å². The fourth-order valence-electron chi connectivity index (χ4n) is 1.13. The fourth-order valence-corrected chi connectivity index (χ4v) is 2.47. The van der Waals surface area contributed by atoms with Crippen molar-refractivity contribution in [2.75, 3.05) is 0 Å². The Hall–Kier alpha value is -0.450. The van der Waals surface area contributed by atoms with Gasteiger partial charge in [0.1, 0.15) is 5.01 Å². The van der Waals surface area contributed by atoms with Gasteiger partial charge in [-0.3, -0.25) is 0 Å². The average molecular weight is 290 g/mol. The Bertz CT molecular complexity index is 444. The van der Waals surface area contributed by atoms with Crippen LogP contribution in [0.25, 0.3) is 0 Å². The van der Waals surface area contributed by atoms with Gasteiger partial charge in [-0.05, 0) is 45.2 Å². The van der Waals surface area contributed by atoms with E-state index in [0.29, 0.717) is 4.73 Å². The second-order valence-corrected chi connectivity index (χ2v) is 4.75. The third-order valence-electron chi connectivity index (χ3n) is 1.69. The van der Waals surface area contributed by atoms with Crippen LogP contribution >= 0.6 is 39.1 Å². The Kier molecular flexibility index (Phi) is 3.15. The molecule has 2 rings (SSSR count). The molecule has 0 N–H and O–H groups in total. The summed E-state index contributed by atoms with van der Waals surface area (Å²) in [5, 5.41) is 1.74. The molecule has 0 aliphatic heterocycles. The van der Waals surface area contributed by atoms with Crippen LogP contribution < -0.4 is 0 Å². The molecule has 0 aliphatic carbocycles. The van der Waals surface area contributed by atoms with Crippen LogP contribution in [0.4, 0.5) is 0 Å². The summed E-state index contributed by atoms with van der Waals surface area (Å²) >= 11 is 10.5. The molecule has 0 saturated carbocycles. The number of nitrogens with zero attached hydrogens (tertiary/aromatic N) is 2. The van der Waals surface area contributed by atoms with E-state index < -0.39 is 0 Å². The van der Waals surface area contributed by atoms with Gasteiger partial charge in [0.25, 0.3) is 0 Å². The lowest BCUT2D eigenvalue weighted by molar-refractivity contribution is 1.11. The molecule has 1 aromatic carbocycles. The molecule has 0 bridgehead atoms. The first-order chi connectivity index (χ1) is 6.74. The molecular formula is C9H6BrClN2S. The SMILES string of the molecule is Clc1cccc(Cc2nc(Br)ns2)c1. The van der Waals surface area contributed by atoms with Crippen LogP contribution in [0.5, 0.6) is 0 Å². The smallest absolute Gasteiger partial charge is 0.209 e. The first-order valence-electron chi connectivity index (χ1n) is 3.96. The van der Waals surface area contributed by atoms with Crippen molar-refractivity contribution in [1.29, 1.82) is 0 Å². The molecule has 14 heavy (non-hydrogen) atoms. The maximum Gasteiger partial charge on any atom is 0.209 e. The number of hydrogen-bond donors (Lipinski definition) is 0. The topological polar surface area (TPSA) is 25.8 Å². The summed E-state index contributed by atoms with van der Waals surface area (Å²) in [4.78, 5) is 4.22. The van der Waals surface area contributed by atoms with Crippen LogP contribution in [-0.4, -0.2) is 9.36 Å². The summed E-state index contributed by atoms with van der Waals surface area (Å²) in [5.41, 5.74) is 1.15. The van der Waals surface area contributed by atoms with Crippen LogP contribution in [0.3, 0.4) is 0 Å². The van der Waals surface area contributed by atoms with Gasteiger partial charge in [-0.25, -0.2) is 4.98 Å². The van der Waals surface area contributed by atoms with E-state index in [9.17, 15) is 0 Å². The van der Waals surface area contributed by atoms with Crippen molar-refractivity contribution < 1.29 is 0 Å². The van der Waals surface area contributed by atoms with E-state index in [1.807, 2.05) is 24.3 Å². The highest BCUT2D eigenvalue weighted by molar-refractivity contribution is 9.10. The summed E-state index contributed by atoms with van der Waals surface area (Å²) < 4.78 is 4.70. The van der Waals surface area contributed by atoms with E-state index in [1.54, 1.807) is 0 Å². The monoisotopic (exact) mass is 288 g/mol. The molecule has 0 radical (unpaired) electrons. The highest BCUT2D eigenvalue weighted by Crippen LogP contribution is 2.17. The van der Waals surface area contributed by atoms with E-state index in [1.165, 1.54) is 11.5 Å². The Morgan fingerprint density at radius 2 is 2.29 bits per heavy atom. The number of halogens is 2. The Morgan fingerprint density at radius 1 is 1.43 bits per heavy atom. The number of benzene rings is 1. The van der Waals surface area contributed by atoms with E-state index in [0.717, 1.165) is 22.0 Å². The maximum absolute atomic E-state index is 5.87. The molecule has 0 amide bonds. The normalized spacial score (nSPS) is 10.4. The lowest BCUT2D eigenvalue weighted by atomic mass is 10.2. The minimum atomic E-state index is 0.652. The van der Waals surface area contributed by atoms with Gasteiger partial charge in [0.05, 0.1) is 0 Å². The maximum atomic E-state index is 5.87. The van der Waals surface area contributed by atoms with Crippen LogP contribution in [0.2, 0.25) is 5.02 Å². The van der Waals surface area contributed by atoms with Gasteiger partial charge < -0.3 is 0 Å². The molecule has 2 nitrogen and oxygen atoms in total. The predicted octanol–water partition coefficient (Wildman–Crippen LogP) is 3.54. The number of aromatic nitrogens is 2. The first kappa shape index (κ1) is 10.1. The Labute approximate surface area is 99.2 Å². The molecule has 72 valence electrons. The zero-order valence-corrected chi connectivity index (χ0v) is 10.2. The van der Waals surface area contributed by atoms with Crippen molar-refractivity contribution in [3.8, 4) is 0 Å². The largest absolute Gasteiger partial charge is 0.214 e. The summed E-state index contributed by atoms with van der Waals surface area (Å²) in [6.07, 6.45) is 0.782. The highest BCUT2D eigenvalue weighted by atomic mass is 79.9. The van der Waals surface area contributed by atoms with Gasteiger partial charge in [0.15, 0.2) is 0 Å². The standard InChI is InChI=1S/C9H6BrClN2S/c10-9-12-8(14-13-9)5-6-2-1-3-7(11)4-6/h1-4H,5H2. The molecule has 0 aliphatic rings.